The van der Waals surface area contributed by atoms with E-state index in [0.29, 0.717) is 35.6 Å². The Labute approximate surface area is 255 Å². The Balaban J connectivity index is 1.53. The Hall–Kier alpha value is -4.00. The molecule has 1 aliphatic rings. The summed E-state index contributed by atoms with van der Waals surface area (Å²) in [6.45, 7) is 6.65. The van der Waals surface area contributed by atoms with E-state index in [4.69, 9.17) is 0 Å². The molecule has 2 unspecified atom stereocenters. The standard InChI is InChI=1S/C32H39F3N6O3/c1-6-22(23-7-9-24(10-8-23)30(43)39(4)5)12-15-40(19-42)18-20(2)17-25-21(3)36-14-11-27(25)41-16-13-26-28(31(41)44)29(38-37-26)32(33,34)35/h7-11,13-14,16-17,22,29,37-38,42H,6,12,15,18-19H2,1-5H3/b20-17+. The molecule has 3 heterocycles. The Kier molecular flexibility index (Phi) is 10.3. The third kappa shape index (κ3) is 7.20. The summed E-state index contributed by atoms with van der Waals surface area (Å²) in [5.41, 5.74) is 7.79. The van der Waals surface area contributed by atoms with E-state index in [1.807, 2.05) is 42.2 Å². The number of carbonyl (C=O) groups excluding carboxylic acids is 1. The fraction of sp³-hybridized carbons (Fsp3) is 0.406. The van der Waals surface area contributed by atoms with Gasteiger partial charge in [0.2, 0.25) is 0 Å². The molecule has 236 valence electrons. The molecule has 2 aromatic heterocycles. The number of anilines is 1. The number of nitrogens with zero attached hydrogens (tertiary/aromatic N) is 4. The number of benzene rings is 1. The highest BCUT2D eigenvalue weighted by atomic mass is 19.4. The number of amides is 1. The molecule has 1 aromatic carbocycles. The largest absolute Gasteiger partial charge is 0.409 e. The van der Waals surface area contributed by atoms with Gasteiger partial charge in [0.15, 0.2) is 6.04 Å². The molecule has 0 saturated heterocycles. The number of alkyl halides is 3. The van der Waals surface area contributed by atoms with Crippen LogP contribution in [0.4, 0.5) is 18.9 Å². The van der Waals surface area contributed by atoms with Gasteiger partial charge in [0, 0.05) is 56.4 Å². The smallest absolute Gasteiger partial charge is 0.381 e. The molecule has 12 heteroatoms. The predicted octanol–water partition coefficient (Wildman–Crippen LogP) is 5.02. The van der Waals surface area contributed by atoms with Gasteiger partial charge >= 0.3 is 6.18 Å². The van der Waals surface area contributed by atoms with Crippen LogP contribution in [0, 0.1) is 6.92 Å². The fourth-order valence-electron chi connectivity index (χ4n) is 5.50. The van der Waals surface area contributed by atoms with Gasteiger partial charge in [-0.05, 0) is 62.4 Å². The molecule has 0 spiro atoms. The number of pyridine rings is 2. The van der Waals surface area contributed by atoms with Crippen LogP contribution in [0.15, 0.2) is 59.2 Å². The molecule has 2 atom stereocenters. The molecule has 1 aliphatic heterocycles. The summed E-state index contributed by atoms with van der Waals surface area (Å²) in [7, 11) is 3.44. The van der Waals surface area contributed by atoms with E-state index in [0.717, 1.165) is 24.0 Å². The van der Waals surface area contributed by atoms with E-state index in [9.17, 15) is 27.9 Å². The van der Waals surface area contributed by atoms with Crippen molar-refractivity contribution in [2.75, 3.05) is 39.3 Å². The van der Waals surface area contributed by atoms with Crippen molar-refractivity contribution < 1.29 is 23.1 Å². The summed E-state index contributed by atoms with van der Waals surface area (Å²) >= 11 is 0. The first-order chi connectivity index (χ1) is 20.8. The van der Waals surface area contributed by atoms with Gasteiger partial charge < -0.3 is 15.4 Å². The highest BCUT2D eigenvalue weighted by molar-refractivity contribution is 5.93. The van der Waals surface area contributed by atoms with Crippen LogP contribution in [-0.2, 0) is 0 Å². The van der Waals surface area contributed by atoms with E-state index in [1.54, 1.807) is 32.0 Å². The Morgan fingerprint density at radius 3 is 2.50 bits per heavy atom. The van der Waals surface area contributed by atoms with Crippen LogP contribution in [0.5, 0.6) is 0 Å². The van der Waals surface area contributed by atoms with E-state index >= 15 is 0 Å². The number of aliphatic hydroxyl groups is 1. The first-order valence-electron chi connectivity index (χ1n) is 14.5. The summed E-state index contributed by atoms with van der Waals surface area (Å²) in [5.74, 6) is 0.186. The number of fused-ring (bicyclic) bond motifs is 1. The van der Waals surface area contributed by atoms with E-state index in [1.165, 1.54) is 23.0 Å². The molecule has 9 nitrogen and oxygen atoms in total. The van der Waals surface area contributed by atoms with Crippen LogP contribution in [0.1, 0.15) is 71.4 Å². The quantitative estimate of drug-likeness (QED) is 0.262. The third-order valence-corrected chi connectivity index (χ3v) is 7.91. The zero-order valence-corrected chi connectivity index (χ0v) is 25.6. The summed E-state index contributed by atoms with van der Waals surface area (Å²) < 4.78 is 42.1. The molecule has 3 aromatic rings. The van der Waals surface area contributed by atoms with Crippen LogP contribution in [0.25, 0.3) is 11.8 Å². The van der Waals surface area contributed by atoms with Gasteiger partial charge in [-0.2, -0.15) is 13.2 Å². The van der Waals surface area contributed by atoms with Gasteiger partial charge in [0.1, 0.15) is 0 Å². The molecule has 0 fully saturated rings. The SMILES string of the molecule is CCC(CCN(CO)C/C(C)=C/c1c(-n2ccc3c(c2=O)C(C(F)(F)F)NN3)ccnc1C)c1ccc(C(=O)N(C)C)cc1. The number of aromatic nitrogens is 2. The molecule has 4 rings (SSSR count). The van der Waals surface area contributed by atoms with Crippen molar-refractivity contribution in [2.45, 2.75) is 51.7 Å². The minimum atomic E-state index is -4.65. The van der Waals surface area contributed by atoms with Crippen molar-refractivity contribution in [3.8, 4) is 5.69 Å². The number of nitrogens with one attached hydrogen (secondary N) is 2. The van der Waals surface area contributed by atoms with Crippen LogP contribution in [-0.4, -0.2) is 70.5 Å². The zero-order valence-electron chi connectivity index (χ0n) is 25.6. The maximum Gasteiger partial charge on any atom is 0.409 e. The second kappa shape index (κ2) is 13.7. The van der Waals surface area contributed by atoms with Crippen LogP contribution in [0.3, 0.4) is 0 Å². The number of hydrogen-bond donors (Lipinski definition) is 3. The number of aryl methyl sites for hydroxylation is 1. The average molecular weight is 613 g/mol. The number of carbonyl (C=O) groups is 1. The third-order valence-electron chi connectivity index (χ3n) is 7.91. The molecule has 3 N–H and O–H groups in total. The van der Waals surface area contributed by atoms with Crippen molar-refractivity contribution >= 4 is 17.7 Å². The first kappa shape index (κ1) is 32.9. The fourth-order valence-corrected chi connectivity index (χ4v) is 5.50. The van der Waals surface area contributed by atoms with Crippen LogP contribution in [0.2, 0.25) is 0 Å². The van der Waals surface area contributed by atoms with Crippen molar-refractivity contribution in [2.24, 2.45) is 0 Å². The lowest BCUT2D eigenvalue weighted by Crippen LogP contribution is -2.35. The molecular formula is C32H39F3N6O3. The second-order valence-electron chi connectivity index (χ2n) is 11.3. The maximum absolute atomic E-state index is 13.6. The molecular weight excluding hydrogens is 573 g/mol. The van der Waals surface area contributed by atoms with Gasteiger partial charge in [-0.15, -0.1) is 0 Å². The molecule has 44 heavy (non-hydrogen) atoms. The van der Waals surface area contributed by atoms with Gasteiger partial charge in [0.05, 0.1) is 23.7 Å². The number of hydrazine groups is 1. The van der Waals surface area contributed by atoms with Crippen LogP contribution >= 0.6 is 0 Å². The van der Waals surface area contributed by atoms with Crippen molar-refractivity contribution in [3.63, 3.8) is 0 Å². The number of hydrogen-bond acceptors (Lipinski definition) is 7. The first-order valence-corrected chi connectivity index (χ1v) is 14.5. The lowest BCUT2D eigenvalue weighted by Gasteiger charge is -2.24. The van der Waals surface area contributed by atoms with Crippen molar-refractivity contribution in [1.82, 2.24) is 24.8 Å². The second-order valence-corrected chi connectivity index (χ2v) is 11.3. The summed E-state index contributed by atoms with van der Waals surface area (Å²) in [6.07, 6.45) is 1.85. The lowest BCUT2D eigenvalue weighted by molar-refractivity contribution is -0.154. The minimum absolute atomic E-state index is 0.0501. The molecule has 0 radical (unpaired) electrons. The maximum atomic E-state index is 13.6. The summed E-state index contributed by atoms with van der Waals surface area (Å²) in [6, 6.07) is 8.57. The van der Waals surface area contributed by atoms with E-state index in [-0.39, 0.29) is 24.2 Å². The normalized spacial score (nSPS) is 15.7. The average Bonchev–Trinajstić information content (AvgIpc) is 3.44. The molecule has 0 saturated carbocycles. The highest BCUT2D eigenvalue weighted by Gasteiger charge is 2.46. The Morgan fingerprint density at radius 2 is 1.89 bits per heavy atom. The van der Waals surface area contributed by atoms with Gasteiger partial charge in [0.25, 0.3) is 11.5 Å². The topological polar surface area (TPSA) is 103 Å². The Bertz CT molecular complexity index is 1570. The Morgan fingerprint density at radius 1 is 1.18 bits per heavy atom. The van der Waals surface area contributed by atoms with E-state index < -0.39 is 23.3 Å². The van der Waals surface area contributed by atoms with E-state index in [2.05, 4.69) is 22.8 Å². The monoisotopic (exact) mass is 612 g/mol. The van der Waals surface area contributed by atoms with Crippen molar-refractivity contribution in [3.05, 3.63) is 92.7 Å². The van der Waals surface area contributed by atoms with Gasteiger partial charge in [-0.3, -0.25) is 24.0 Å². The zero-order chi connectivity index (χ0) is 32.2. The summed E-state index contributed by atoms with van der Waals surface area (Å²) in [4.78, 5) is 33.4. The highest BCUT2D eigenvalue weighted by Crippen LogP contribution is 2.38. The molecule has 1 amide bonds. The summed E-state index contributed by atoms with van der Waals surface area (Å²) in [5, 5.41) is 10.1. The van der Waals surface area contributed by atoms with Crippen LogP contribution < -0.4 is 16.4 Å². The number of aliphatic hydroxyl groups excluding tert-OH is 1. The van der Waals surface area contributed by atoms with Gasteiger partial charge in [-0.1, -0.05) is 30.7 Å². The number of rotatable bonds is 11. The lowest BCUT2D eigenvalue weighted by atomic mass is 9.92. The predicted molar refractivity (Wildman–Crippen MR) is 165 cm³/mol. The minimum Gasteiger partial charge on any atom is -0.381 e. The van der Waals surface area contributed by atoms with Crippen molar-refractivity contribution in [1.29, 1.82) is 0 Å². The molecule has 0 bridgehead atoms. The molecule has 0 aliphatic carbocycles. The van der Waals surface area contributed by atoms with Gasteiger partial charge in [-0.25, -0.2) is 5.43 Å². The number of halogens is 3.